The SMILES string of the molecule is CCOC(=O)c1cccc(N2C(=O)/C(=C/c3cc(OC)c(OC)c(OC)c3)SC2=S)c1. The Morgan fingerprint density at radius 3 is 2.35 bits per heavy atom. The number of hydrogen-bond donors (Lipinski definition) is 0. The molecule has 9 heteroatoms. The molecular formula is C22H21NO6S2. The molecule has 1 heterocycles. The normalized spacial score (nSPS) is 14.7. The molecule has 1 aliphatic rings. The van der Waals surface area contributed by atoms with E-state index >= 15 is 0 Å². The summed E-state index contributed by atoms with van der Waals surface area (Å²) in [5.41, 5.74) is 1.54. The highest BCUT2D eigenvalue weighted by Crippen LogP contribution is 2.41. The molecule has 0 aliphatic carbocycles. The number of rotatable bonds is 7. The molecular weight excluding hydrogens is 438 g/mol. The Morgan fingerprint density at radius 1 is 1.10 bits per heavy atom. The van der Waals surface area contributed by atoms with Crippen LogP contribution in [0.5, 0.6) is 17.2 Å². The lowest BCUT2D eigenvalue weighted by atomic mass is 10.1. The first-order chi connectivity index (χ1) is 14.9. The fraction of sp³-hybridized carbons (Fsp3) is 0.227. The van der Waals surface area contributed by atoms with Crippen molar-refractivity contribution in [2.75, 3.05) is 32.8 Å². The maximum absolute atomic E-state index is 13.1. The Balaban J connectivity index is 1.95. The molecule has 1 amide bonds. The fourth-order valence-electron chi connectivity index (χ4n) is 3.01. The minimum Gasteiger partial charge on any atom is -0.493 e. The van der Waals surface area contributed by atoms with Gasteiger partial charge in [0.2, 0.25) is 5.75 Å². The number of thioether (sulfide) groups is 1. The van der Waals surface area contributed by atoms with E-state index in [1.807, 2.05) is 0 Å². The molecule has 0 aromatic heterocycles. The van der Waals surface area contributed by atoms with Gasteiger partial charge < -0.3 is 18.9 Å². The molecule has 1 aliphatic heterocycles. The van der Waals surface area contributed by atoms with E-state index in [0.717, 1.165) is 0 Å². The lowest BCUT2D eigenvalue weighted by Crippen LogP contribution is -2.27. The number of benzene rings is 2. The zero-order valence-corrected chi connectivity index (χ0v) is 19.1. The molecule has 7 nitrogen and oxygen atoms in total. The van der Waals surface area contributed by atoms with Gasteiger partial charge in [-0.3, -0.25) is 9.69 Å². The van der Waals surface area contributed by atoms with E-state index in [0.29, 0.717) is 43.3 Å². The van der Waals surface area contributed by atoms with Gasteiger partial charge in [-0.15, -0.1) is 0 Å². The number of esters is 1. The summed E-state index contributed by atoms with van der Waals surface area (Å²) < 4.78 is 21.5. The number of ether oxygens (including phenoxy) is 4. The van der Waals surface area contributed by atoms with E-state index in [-0.39, 0.29) is 12.5 Å². The van der Waals surface area contributed by atoms with Crippen LogP contribution in [-0.4, -0.2) is 44.1 Å². The van der Waals surface area contributed by atoms with Crippen LogP contribution in [-0.2, 0) is 9.53 Å². The maximum Gasteiger partial charge on any atom is 0.338 e. The number of amides is 1. The first-order valence-electron chi connectivity index (χ1n) is 9.28. The minimum atomic E-state index is -0.456. The average molecular weight is 460 g/mol. The van der Waals surface area contributed by atoms with Crippen molar-refractivity contribution in [1.82, 2.24) is 0 Å². The van der Waals surface area contributed by atoms with Crippen LogP contribution < -0.4 is 19.1 Å². The largest absolute Gasteiger partial charge is 0.493 e. The molecule has 0 unspecified atom stereocenters. The van der Waals surface area contributed by atoms with E-state index in [1.165, 1.54) is 38.0 Å². The van der Waals surface area contributed by atoms with Crippen LogP contribution in [0, 0.1) is 0 Å². The lowest BCUT2D eigenvalue weighted by molar-refractivity contribution is -0.113. The summed E-state index contributed by atoms with van der Waals surface area (Å²) in [7, 11) is 4.57. The van der Waals surface area contributed by atoms with E-state index in [4.69, 9.17) is 31.2 Å². The third kappa shape index (κ3) is 4.67. The van der Waals surface area contributed by atoms with Gasteiger partial charge in [0.05, 0.1) is 44.1 Å². The highest BCUT2D eigenvalue weighted by molar-refractivity contribution is 8.27. The third-order valence-corrected chi connectivity index (χ3v) is 5.70. The van der Waals surface area contributed by atoms with E-state index < -0.39 is 5.97 Å². The van der Waals surface area contributed by atoms with Gasteiger partial charge in [0.15, 0.2) is 15.8 Å². The summed E-state index contributed by atoms with van der Waals surface area (Å²) in [6.45, 7) is 2.00. The Kier molecular flexibility index (Phi) is 7.19. The van der Waals surface area contributed by atoms with Gasteiger partial charge in [0.1, 0.15) is 0 Å². The number of carbonyl (C=O) groups excluding carboxylic acids is 2. The molecule has 2 aromatic rings. The molecule has 3 rings (SSSR count). The molecule has 1 saturated heterocycles. The third-order valence-electron chi connectivity index (χ3n) is 4.39. The average Bonchev–Trinajstić information content (AvgIpc) is 3.05. The van der Waals surface area contributed by atoms with E-state index in [9.17, 15) is 9.59 Å². The van der Waals surface area contributed by atoms with Crippen molar-refractivity contribution in [3.05, 3.63) is 52.4 Å². The quantitative estimate of drug-likeness (QED) is 0.345. The molecule has 162 valence electrons. The molecule has 2 aromatic carbocycles. The predicted molar refractivity (Wildman–Crippen MR) is 124 cm³/mol. The number of methoxy groups -OCH3 is 3. The summed E-state index contributed by atoms with van der Waals surface area (Å²) in [4.78, 5) is 27.0. The zero-order valence-electron chi connectivity index (χ0n) is 17.5. The van der Waals surface area contributed by atoms with Crippen LogP contribution >= 0.6 is 24.0 Å². The first-order valence-corrected chi connectivity index (χ1v) is 10.5. The van der Waals surface area contributed by atoms with Gasteiger partial charge >= 0.3 is 5.97 Å². The Bertz CT molecular complexity index is 1040. The van der Waals surface area contributed by atoms with Crippen molar-refractivity contribution in [3.63, 3.8) is 0 Å². The van der Waals surface area contributed by atoms with E-state index in [1.54, 1.807) is 49.4 Å². The second kappa shape index (κ2) is 9.84. The highest BCUT2D eigenvalue weighted by Gasteiger charge is 2.33. The van der Waals surface area contributed by atoms with Crippen LogP contribution in [0.3, 0.4) is 0 Å². The van der Waals surface area contributed by atoms with Crippen LogP contribution in [0.4, 0.5) is 5.69 Å². The number of carbonyl (C=O) groups is 2. The Hall–Kier alpha value is -3.04. The first kappa shape index (κ1) is 22.6. The molecule has 31 heavy (non-hydrogen) atoms. The number of anilines is 1. The standard InChI is InChI=1S/C22H21NO6S2/c1-5-29-21(25)14-7-6-8-15(12-14)23-20(24)18(31-22(23)30)11-13-9-16(26-2)19(28-4)17(10-13)27-3/h6-12H,5H2,1-4H3/b18-11-. The second-order valence-electron chi connectivity index (χ2n) is 6.25. The van der Waals surface area contributed by atoms with Crippen LogP contribution in [0.15, 0.2) is 41.3 Å². The van der Waals surface area contributed by atoms with Gasteiger partial charge in [-0.2, -0.15) is 0 Å². The van der Waals surface area contributed by atoms with Crippen molar-refractivity contribution in [2.24, 2.45) is 0 Å². The van der Waals surface area contributed by atoms with Gasteiger partial charge in [-0.25, -0.2) is 4.79 Å². The van der Waals surface area contributed by atoms with Gasteiger partial charge in [-0.1, -0.05) is 30.0 Å². The smallest absolute Gasteiger partial charge is 0.338 e. The number of thiocarbonyl (C=S) groups is 1. The summed E-state index contributed by atoms with van der Waals surface area (Å²) in [6.07, 6.45) is 1.71. The molecule has 0 radical (unpaired) electrons. The van der Waals surface area contributed by atoms with Gasteiger partial charge in [0, 0.05) is 0 Å². The van der Waals surface area contributed by atoms with Crippen molar-refractivity contribution >= 4 is 51.9 Å². The van der Waals surface area contributed by atoms with Crippen LogP contribution in [0.1, 0.15) is 22.8 Å². The Morgan fingerprint density at radius 2 is 1.77 bits per heavy atom. The second-order valence-corrected chi connectivity index (χ2v) is 7.92. The molecule has 0 atom stereocenters. The molecule has 0 saturated carbocycles. The topological polar surface area (TPSA) is 74.3 Å². The zero-order chi connectivity index (χ0) is 22.5. The summed E-state index contributed by atoms with van der Waals surface area (Å²) >= 11 is 6.60. The predicted octanol–water partition coefficient (Wildman–Crippen LogP) is 4.29. The Labute approximate surface area is 189 Å². The monoisotopic (exact) mass is 459 g/mol. The van der Waals surface area contributed by atoms with E-state index in [2.05, 4.69) is 0 Å². The molecule has 0 bridgehead atoms. The van der Waals surface area contributed by atoms with Crippen molar-refractivity contribution in [1.29, 1.82) is 0 Å². The van der Waals surface area contributed by atoms with Crippen LogP contribution in [0.25, 0.3) is 6.08 Å². The maximum atomic E-state index is 13.1. The van der Waals surface area contributed by atoms with Crippen LogP contribution in [0.2, 0.25) is 0 Å². The van der Waals surface area contributed by atoms with Crippen molar-refractivity contribution in [2.45, 2.75) is 6.92 Å². The number of hydrogen-bond acceptors (Lipinski definition) is 8. The lowest BCUT2D eigenvalue weighted by Gasteiger charge is -2.15. The van der Waals surface area contributed by atoms with Crippen molar-refractivity contribution < 1.29 is 28.5 Å². The van der Waals surface area contributed by atoms with Crippen molar-refractivity contribution in [3.8, 4) is 17.2 Å². The van der Waals surface area contributed by atoms with Gasteiger partial charge in [0.25, 0.3) is 5.91 Å². The molecule has 0 spiro atoms. The number of nitrogens with zero attached hydrogens (tertiary/aromatic N) is 1. The highest BCUT2D eigenvalue weighted by atomic mass is 32.2. The van der Waals surface area contributed by atoms with Gasteiger partial charge in [-0.05, 0) is 48.9 Å². The summed E-state index contributed by atoms with van der Waals surface area (Å²) in [5, 5.41) is 0. The summed E-state index contributed by atoms with van der Waals surface area (Å²) in [6, 6.07) is 10.1. The molecule has 1 fully saturated rings. The fourth-order valence-corrected chi connectivity index (χ4v) is 4.31. The summed E-state index contributed by atoms with van der Waals surface area (Å²) in [5.74, 6) is 0.675. The minimum absolute atomic E-state index is 0.266. The molecule has 0 N–H and O–H groups in total.